The van der Waals surface area contributed by atoms with E-state index in [4.69, 9.17) is 4.74 Å². The Morgan fingerprint density at radius 3 is 1.97 bits per heavy atom. The summed E-state index contributed by atoms with van der Waals surface area (Å²) in [6.45, 7) is 1.93. The lowest BCUT2D eigenvalue weighted by Gasteiger charge is -2.27. The average Bonchev–Trinajstić information content (AvgIpc) is 3.40. The van der Waals surface area contributed by atoms with Crippen molar-refractivity contribution in [1.82, 2.24) is 0 Å². The number of rotatable bonds is 2. The maximum atomic E-state index is 13.8. The van der Waals surface area contributed by atoms with Crippen molar-refractivity contribution < 1.29 is 23.9 Å². The molecule has 2 fully saturated rings. The van der Waals surface area contributed by atoms with Crippen molar-refractivity contribution in [3.63, 3.8) is 0 Å². The van der Waals surface area contributed by atoms with Crippen molar-refractivity contribution >= 4 is 45.0 Å². The zero-order valence-electron chi connectivity index (χ0n) is 18.0. The van der Waals surface area contributed by atoms with Gasteiger partial charge in [-0.15, -0.1) is 0 Å². The second-order valence-corrected chi connectivity index (χ2v) is 9.80. The summed E-state index contributed by atoms with van der Waals surface area (Å²) in [5.74, 6) is -4.44. The van der Waals surface area contributed by atoms with Crippen LogP contribution in [-0.4, -0.2) is 29.0 Å². The third kappa shape index (κ3) is 2.65. The molecule has 0 N–H and O–H groups in total. The van der Waals surface area contributed by atoms with Crippen LogP contribution in [0.15, 0.2) is 77.3 Å². The van der Waals surface area contributed by atoms with E-state index in [9.17, 15) is 19.2 Å². The van der Waals surface area contributed by atoms with Crippen molar-refractivity contribution in [2.24, 2.45) is 11.8 Å². The number of imide groups is 1. The van der Waals surface area contributed by atoms with Gasteiger partial charge in [0.25, 0.3) is 0 Å². The molecular formula is C27H18BrNO5. The number of nitrogens with zero attached hydrogens (tertiary/aromatic N) is 1. The number of amides is 2. The lowest BCUT2D eigenvalue weighted by molar-refractivity contribution is -0.127. The van der Waals surface area contributed by atoms with E-state index in [2.05, 4.69) is 15.9 Å². The van der Waals surface area contributed by atoms with Crippen molar-refractivity contribution in [1.29, 1.82) is 0 Å². The molecule has 3 aromatic rings. The minimum Gasteiger partial charge on any atom is -0.349 e. The molecule has 34 heavy (non-hydrogen) atoms. The van der Waals surface area contributed by atoms with Crippen LogP contribution in [0.1, 0.15) is 37.9 Å². The molecule has 0 unspecified atom stereocenters. The Kier molecular flexibility index (Phi) is 4.53. The zero-order valence-corrected chi connectivity index (χ0v) is 19.6. The third-order valence-electron chi connectivity index (χ3n) is 7.01. The van der Waals surface area contributed by atoms with Crippen LogP contribution in [-0.2, 0) is 14.3 Å². The molecule has 2 heterocycles. The number of anilines is 1. The number of ether oxygens (including phenoxy) is 1. The summed E-state index contributed by atoms with van der Waals surface area (Å²) >= 11 is 3.36. The summed E-state index contributed by atoms with van der Waals surface area (Å²) in [7, 11) is 0. The first-order valence-corrected chi connectivity index (χ1v) is 11.7. The summed E-state index contributed by atoms with van der Waals surface area (Å²) in [5.41, 5.74) is 0.435. The maximum Gasteiger partial charge on any atom is 0.241 e. The number of ketones is 2. The van der Waals surface area contributed by atoms with Gasteiger partial charge in [0.15, 0.2) is 0 Å². The molecule has 7 heteroatoms. The lowest BCUT2D eigenvalue weighted by atomic mass is 9.77. The van der Waals surface area contributed by atoms with Crippen LogP contribution in [0.5, 0.6) is 0 Å². The van der Waals surface area contributed by atoms with Gasteiger partial charge in [0, 0.05) is 15.6 Å². The summed E-state index contributed by atoms with van der Waals surface area (Å²) in [5, 5.41) is 0. The Labute approximate surface area is 203 Å². The van der Waals surface area contributed by atoms with Gasteiger partial charge in [-0.25, -0.2) is 4.90 Å². The molecular weight excluding hydrogens is 498 g/mol. The van der Waals surface area contributed by atoms with Crippen LogP contribution in [0.3, 0.4) is 0 Å². The highest BCUT2D eigenvalue weighted by Crippen LogP contribution is 2.57. The molecule has 3 atom stereocenters. The Morgan fingerprint density at radius 1 is 0.794 bits per heavy atom. The highest BCUT2D eigenvalue weighted by Gasteiger charge is 2.74. The van der Waals surface area contributed by atoms with Gasteiger partial charge in [-0.3, -0.25) is 19.2 Å². The molecule has 0 radical (unpaired) electrons. The van der Waals surface area contributed by atoms with E-state index in [1.807, 2.05) is 31.2 Å². The molecule has 0 bridgehead atoms. The van der Waals surface area contributed by atoms with E-state index in [1.165, 1.54) is 0 Å². The molecule has 1 aliphatic carbocycles. The number of aryl methyl sites for hydroxylation is 1. The van der Waals surface area contributed by atoms with E-state index in [-0.39, 0.29) is 11.1 Å². The van der Waals surface area contributed by atoms with Crippen molar-refractivity contribution in [3.8, 4) is 0 Å². The number of benzene rings is 3. The Balaban J connectivity index is 1.54. The van der Waals surface area contributed by atoms with E-state index >= 15 is 0 Å². The molecule has 1 spiro atoms. The van der Waals surface area contributed by atoms with Gasteiger partial charge in [0.05, 0.1) is 23.6 Å². The standard InChI is InChI=1S/C27H18BrNO5/c1-14-6-8-15(9-7-14)22-20-21(26(33)29(25(20)32)17-12-10-16(28)11-13-17)27(34-22)23(30)18-4-2-3-5-19(18)24(27)31/h2-13,20-22H,1H3/t20-,21-,22+/m1/s1. The fraction of sp³-hybridized carbons (Fsp3) is 0.185. The highest BCUT2D eigenvalue weighted by atomic mass is 79.9. The number of Topliss-reactive ketones (excluding diaryl/α,β-unsaturated/α-hetero) is 2. The highest BCUT2D eigenvalue weighted by molar-refractivity contribution is 9.10. The average molecular weight is 516 g/mol. The summed E-state index contributed by atoms with van der Waals surface area (Å²) in [6, 6.07) is 20.6. The number of halogens is 1. The first-order valence-electron chi connectivity index (χ1n) is 10.9. The fourth-order valence-corrected chi connectivity index (χ4v) is 5.68. The Morgan fingerprint density at radius 2 is 1.38 bits per heavy atom. The normalized spacial score (nSPS) is 24.8. The second kappa shape index (κ2) is 7.29. The number of fused-ring (bicyclic) bond motifs is 3. The molecule has 6 nitrogen and oxygen atoms in total. The van der Waals surface area contributed by atoms with E-state index in [1.54, 1.807) is 48.5 Å². The van der Waals surface area contributed by atoms with E-state index in [0.717, 1.165) is 14.9 Å². The maximum absolute atomic E-state index is 13.8. The molecule has 0 aromatic heterocycles. The topological polar surface area (TPSA) is 80.8 Å². The largest absolute Gasteiger partial charge is 0.349 e. The monoisotopic (exact) mass is 515 g/mol. The smallest absolute Gasteiger partial charge is 0.241 e. The van der Waals surface area contributed by atoms with Gasteiger partial charge in [0.1, 0.15) is 0 Å². The minimum atomic E-state index is -2.05. The molecule has 168 valence electrons. The van der Waals surface area contributed by atoms with Gasteiger partial charge < -0.3 is 4.74 Å². The lowest BCUT2D eigenvalue weighted by Crippen LogP contribution is -2.51. The van der Waals surface area contributed by atoms with Crippen molar-refractivity contribution in [2.75, 3.05) is 4.90 Å². The molecule has 2 aliphatic heterocycles. The summed E-state index contributed by atoms with van der Waals surface area (Å²) < 4.78 is 7.07. The van der Waals surface area contributed by atoms with Gasteiger partial charge in [0.2, 0.25) is 29.0 Å². The minimum absolute atomic E-state index is 0.221. The predicted molar refractivity (Wildman–Crippen MR) is 126 cm³/mol. The number of hydrogen-bond donors (Lipinski definition) is 0. The molecule has 6 rings (SSSR count). The van der Waals surface area contributed by atoms with Crippen LogP contribution < -0.4 is 4.90 Å². The quantitative estimate of drug-likeness (QED) is 0.372. The Bertz CT molecular complexity index is 1360. The summed E-state index contributed by atoms with van der Waals surface area (Å²) in [6.07, 6.45) is -0.912. The number of carbonyl (C=O) groups excluding carboxylic acids is 4. The van der Waals surface area contributed by atoms with Gasteiger partial charge in [-0.05, 0) is 36.8 Å². The van der Waals surface area contributed by atoms with Gasteiger partial charge in [-0.1, -0.05) is 70.0 Å². The first-order chi connectivity index (χ1) is 16.3. The van der Waals surface area contributed by atoms with E-state index < -0.39 is 46.9 Å². The molecule has 2 saturated heterocycles. The van der Waals surface area contributed by atoms with Crippen LogP contribution in [0.4, 0.5) is 5.69 Å². The van der Waals surface area contributed by atoms with Gasteiger partial charge >= 0.3 is 0 Å². The van der Waals surface area contributed by atoms with Crippen LogP contribution in [0, 0.1) is 18.8 Å². The SMILES string of the molecule is Cc1ccc([C@@H]2OC3(C(=O)c4ccccc4C3=O)[C@H]3C(=O)N(c4ccc(Br)cc4)C(=O)[C@@H]23)cc1. The zero-order chi connectivity index (χ0) is 23.8. The predicted octanol–water partition coefficient (Wildman–Crippen LogP) is 4.45. The van der Waals surface area contributed by atoms with E-state index in [0.29, 0.717) is 11.3 Å². The molecule has 3 aromatic carbocycles. The first kappa shape index (κ1) is 21.1. The molecule has 2 amide bonds. The third-order valence-corrected chi connectivity index (χ3v) is 7.54. The Hall–Kier alpha value is -3.42. The number of carbonyl (C=O) groups is 4. The van der Waals surface area contributed by atoms with Gasteiger partial charge in [-0.2, -0.15) is 0 Å². The van der Waals surface area contributed by atoms with Crippen molar-refractivity contribution in [2.45, 2.75) is 18.6 Å². The van der Waals surface area contributed by atoms with Crippen LogP contribution >= 0.6 is 15.9 Å². The number of hydrogen-bond acceptors (Lipinski definition) is 5. The fourth-order valence-electron chi connectivity index (χ4n) is 5.42. The second-order valence-electron chi connectivity index (χ2n) is 8.88. The molecule has 3 aliphatic rings. The van der Waals surface area contributed by atoms with Crippen LogP contribution in [0.2, 0.25) is 0 Å². The van der Waals surface area contributed by atoms with Crippen molar-refractivity contribution in [3.05, 3.63) is 99.5 Å². The van der Waals surface area contributed by atoms with Crippen LogP contribution in [0.25, 0.3) is 0 Å². The summed E-state index contributed by atoms with van der Waals surface area (Å²) in [4.78, 5) is 56.1. The molecule has 0 saturated carbocycles.